The number of thioether (sulfide) groups is 1. The molecule has 1 aromatic carbocycles. The molecule has 0 amide bonds. The molecular formula is C12H13NOS. The number of hydrogen-bond acceptors (Lipinski definition) is 3. The van der Waals surface area contributed by atoms with Gasteiger partial charge in [-0.15, -0.1) is 0 Å². The van der Waals surface area contributed by atoms with Gasteiger partial charge in [0.1, 0.15) is 5.69 Å². The van der Waals surface area contributed by atoms with E-state index in [-0.39, 0.29) is 0 Å². The first-order valence-corrected chi connectivity index (χ1v) is 6.03. The Balaban J connectivity index is 2.14. The van der Waals surface area contributed by atoms with Gasteiger partial charge in [0.25, 0.3) is 0 Å². The second-order valence-electron chi connectivity index (χ2n) is 3.25. The molecule has 0 atom stereocenters. The molecule has 3 heteroatoms. The number of hydrogen-bond donors (Lipinski definition) is 0. The lowest BCUT2D eigenvalue weighted by molar-refractivity contribution is 0.351. The van der Waals surface area contributed by atoms with E-state index in [0.29, 0.717) is 0 Å². The van der Waals surface area contributed by atoms with Crippen molar-refractivity contribution in [3.05, 3.63) is 36.4 Å². The quantitative estimate of drug-likeness (QED) is 0.731. The number of benzene rings is 1. The van der Waals surface area contributed by atoms with E-state index in [1.165, 1.54) is 0 Å². The summed E-state index contributed by atoms with van der Waals surface area (Å²) in [5, 5.41) is 4.94. The summed E-state index contributed by atoms with van der Waals surface area (Å²) in [4.78, 5) is 0. The molecule has 0 aliphatic rings. The highest BCUT2D eigenvalue weighted by atomic mass is 32.2. The molecule has 2 rings (SSSR count). The van der Waals surface area contributed by atoms with Crippen LogP contribution in [-0.4, -0.2) is 10.9 Å². The van der Waals surface area contributed by atoms with E-state index in [0.717, 1.165) is 28.5 Å². The molecule has 15 heavy (non-hydrogen) atoms. The molecule has 0 bridgehead atoms. The molecule has 0 fully saturated rings. The Labute approximate surface area is 93.7 Å². The van der Waals surface area contributed by atoms with Crippen molar-refractivity contribution in [2.24, 2.45) is 0 Å². The molecule has 1 heterocycles. The van der Waals surface area contributed by atoms with Gasteiger partial charge in [-0.2, -0.15) is 0 Å². The van der Waals surface area contributed by atoms with Crippen LogP contribution in [0.2, 0.25) is 0 Å². The van der Waals surface area contributed by atoms with Crippen LogP contribution in [0.4, 0.5) is 0 Å². The Morgan fingerprint density at radius 1 is 1.27 bits per heavy atom. The molecule has 1 aromatic heterocycles. The first kappa shape index (κ1) is 10.3. The van der Waals surface area contributed by atoms with Crippen LogP contribution >= 0.6 is 11.8 Å². The van der Waals surface area contributed by atoms with Gasteiger partial charge < -0.3 is 4.52 Å². The summed E-state index contributed by atoms with van der Waals surface area (Å²) in [5.41, 5.74) is 2.01. The second kappa shape index (κ2) is 5.03. The molecule has 0 unspecified atom stereocenters. The third kappa shape index (κ3) is 2.63. The van der Waals surface area contributed by atoms with Crippen LogP contribution in [0.5, 0.6) is 0 Å². The molecule has 0 aliphatic carbocycles. The molecule has 2 aromatic rings. The fourth-order valence-corrected chi connectivity index (χ4v) is 1.96. The third-order valence-electron chi connectivity index (χ3n) is 2.01. The van der Waals surface area contributed by atoms with Crippen molar-refractivity contribution in [2.45, 2.75) is 18.4 Å². The van der Waals surface area contributed by atoms with Crippen LogP contribution < -0.4 is 0 Å². The molecule has 0 saturated carbocycles. The molecule has 2 nitrogen and oxygen atoms in total. The normalized spacial score (nSPS) is 10.5. The van der Waals surface area contributed by atoms with Gasteiger partial charge in [0.05, 0.1) is 0 Å². The molecule has 0 radical (unpaired) electrons. The molecule has 0 saturated heterocycles. The Bertz CT molecular complexity index is 411. The predicted molar refractivity (Wildman–Crippen MR) is 63.0 cm³/mol. The molecule has 78 valence electrons. The number of rotatable bonds is 4. The van der Waals surface area contributed by atoms with Gasteiger partial charge in [0, 0.05) is 17.4 Å². The van der Waals surface area contributed by atoms with Crippen molar-refractivity contribution in [2.75, 3.05) is 5.75 Å². The Hall–Kier alpha value is -1.22. The van der Waals surface area contributed by atoms with Gasteiger partial charge in [-0.3, -0.25) is 0 Å². The largest absolute Gasteiger partial charge is 0.349 e. The summed E-state index contributed by atoms with van der Waals surface area (Å²) in [5.74, 6) is 1.07. The van der Waals surface area contributed by atoms with Crippen LogP contribution in [-0.2, 0) is 0 Å². The monoisotopic (exact) mass is 219 g/mol. The highest BCUT2D eigenvalue weighted by Gasteiger charge is 2.05. The van der Waals surface area contributed by atoms with Gasteiger partial charge >= 0.3 is 0 Å². The smallest absolute Gasteiger partial charge is 0.193 e. The van der Waals surface area contributed by atoms with E-state index in [1.807, 2.05) is 36.4 Å². The van der Waals surface area contributed by atoms with Crippen LogP contribution in [0.25, 0.3) is 11.3 Å². The summed E-state index contributed by atoms with van der Waals surface area (Å²) < 4.78 is 5.23. The van der Waals surface area contributed by atoms with Crippen LogP contribution in [0.15, 0.2) is 46.0 Å². The zero-order valence-corrected chi connectivity index (χ0v) is 9.46. The summed E-state index contributed by atoms with van der Waals surface area (Å²) in [7, 11) is 0. The fraction of sp³-hybridized carbons (Fsp3) is 0.250. The van der Waals surface area contributed by atoms with E-state index >= 15 is 0 Å². The van der Waals surface area contributed by atoms with Gasteiger partial charge in [-0.25, -0.2) is 0 Å². The zero-order chi connectivity index (χ0) is 10.5. The number of aromatic nitrogens is 1. The highest BCUT2D eigenvalue weighted by Crippen LogP contribution is 2.25. The average Bonchev–Trinajstić information content (AvgIpc) is 2.76. The maximum atomic E-state index is 5.23. The molecule has 0 N–H and O–H groups in total. The Morgan fingerprint density at radius 2 is 2.07 bits per heavy atom. The van der Waals surface area contributed by atoms with E-state index < -0.39 is 0 Å². The molecule has 0 spiro atoms. The lowest BCUT2D eigenvalue weighted by atomic mass is 10.2. The summed E-state index contributed by atoms with van der Waals surface area (Å²) in [6.45, 7) is 2.15. The summed E-state index contributed by atoms with van der Waals surface area (Å²) >= 11 is 1.71. The molecule has 0 aliphatic heterocycles. The molecular weight excluding hydrogens is 206 g/mol. The minimum Gasteiger partial charge on any atom is -0.349 e. The lowest BCUT2D eigenvalue weighted by Crippen LogP contribution is -1.73. The predicted octanol–water partition coefficient (Wildman–Crippen LogP) is 3.84. The van der Waals surface area contributed by atoms with Crippen LogP contribution in [0, 0.1) is 0 Å². The van der Waals surface area contributed by atoms with Gasteiger partial charge in [0.15, 0.2) is 5.09 Å². The average molecular weight is 219 g/mol. The second-order valence-corrected chi connectivity index (χ2v) is 4.34. The summed E-state index contributed by atoms with van der Waals surface area (Å²) in [6.07, 6.45) is 1.14. The van der Waals surface area contributed by atoms with Crippen molar-refractivity contribution < 1.29 is 4.52 Å². The summed E-state index contributed by atoms with van der Waals surface area (Å²) in [6, 6.07) is 12.1. The van der Waals surface area contributed by atoms with Crippen LogP contribution in [0.1, 0.15) is 13.3 Å². The minimum atomic E-state index is 0.899. The van der Waals surface area contributed by atoms with Gasteiger partial charge in [-0.1, -0.05) is 54.2 Å². The van der Waals surface area contributed by atoms with Crippen molar-refractivity contribution in [1.82, 2.24) is 5.16 Å². The van der Waals surface area contributed by atoms with Gasteiger partial charge in [0.2, 0.25) is 0 Å². The van der Waals surface area contributed by atoms with E-state index in [1.54, 1.807) is 11.8 Å². The number of nitrogens with zero attached hydrogens (tertiary/aromatic N) is 1. The van der Waals surface area contributed by atoms with E-state index in [2.05, 4.69) is 12.1 Å². The maximum absolute atomic E-state index is 5.23. The van der Waals surface area contributed by atoms with Crippen molar-refractivity contribution in [3.8, 4) is 11.3 Å². The maximum Gasteiger partial charge on any atom is 0.193 e. The zero-order valence-electron chi connectivity index (χ0n) is 8.64. The minimum absolute atomic E-state index is 0.899. The first-order valence-electron chi connectivity index (χ1n) is 5.05. The van der Waals surface area contributed by atoms with E-state index in [4.69, 9.17) is 4.52 Å². The Morgan fingerprint density at radius 3 is 2.80 bits per heavy atom. The fourth-order valence-electron chi connectivity index (χ4n) is 1.27. The SMILES string of the molecule is CCCSc1cc(-c2ccccc2)no1. The van der Waals surface area contributed by atoms with Crippen LogP contribution in [0.3, 0.4) is 0 Å². The standard InChI is InChI=1S/C12H13NOS/c1-2-8-15-12-9-11(13-14-12)10-6-4-3-5-7-10/h3-7,9H,2,8H2,1H3. The van der Waals surface area contributed by atoms with E-state index in [9.17, 15) is 0 Å². The first-order chi connectivity index (χ1) is 7.40. The highest BCUT2D eigenvalue weighted by molar-refractivity contribution is 7.99. The Kier molecular flexibility index (Phi) is 3.45. The van der Waals surface area contributed by atoms with Crippen molar-refractivity contribution >= 4 is 11.8 Å². The lowest BCUT2D eigenvalue weighted by Gasteiger charge is -1.91. The topological polar surface area (TPSA) is 26.0 Å². The van der Waals surface area contributed by atoms with Crippen molar-refractivity contribution in [1.29, 1.82) is 0 Å². The van der Waals surface area contributed by atoms with Gasteiger partial charge in [-0.05, 0) is 6.42 Å². The third-order valence-corrected chi connectivity index (χ3v) is 3.10. The van der Waals surface area contributed by atoms with Crippen molar-refractivity contribution in [3.63, 3.8) is 0 Å².